The molecule has 1 saturated carbocycles. The number of aliphatic hydroxyl groups is 1. The zero-order chi connectivity index (χ0) is 15.3. The predicted octanol–water partition coefficient (Wildman–Crippen LogP) is 2.98. The molecule has 5 heteroatoms. The Morgan fingerprint density at radius 3 is 2.76 bits per heavy atom. The molecule has 3 nitrogen and oxygen atoms in total. The van der Waals surface area contributed by atoms with Gasteiger partial charge in [0.05, 0.1) is 11.4 Å². The van der Waals surface area contributed by atoms with E-state index < -0.39 is 5.60 Å². The number of benzene rings is 1. The summed E-state index contributed by atoms with van der Waals surface area (Å²) in [6.45, 7) is 2.47. The topological polar surface area (TPSA) is 49.3 Å². The van der Waals surface area contributed by atoms with Crippen molar-refractivity contribution in [3.63, 3.8) is 0 Å². The molecule has 1 aliphatic rings. The van der Waals surface area contributed by atoms with Crippen LogP contribution in [-0.4, -0.2) is 28.9 Å². The fourth-order valence-corrected chi connectivity index (χ4v) is 3.26. The third-order valence-corrected chi connectivity index (χ3v) is 5.06. The van der Waals surface area contributed by atoms with Crippen molar-refractivity contribution in [3.8, 4) is 0 Å². The first kappa shape index (κ1) is 16.3. The lowest BCUT2D eigenvalue weighted by Gasteiger charge is -2.34. The minimum Gasteiger partial charge on any atom is -0.388 e. The van der Waals surface area contributed by atoms with E-state index in [0.29, 0.717) is 10.8 Å². The van der Waals surface area contributed by atoms with E-state index in [4.69, 9.17) is 0 Å². The van der Waals surface area contributed by atoms with E-state index in [9.17, 15) is 14.3 Å². The Morgan fingerprint density at radius 2 is 2.10 bits per heavy atom. The van der Waals surface area contributed by atoms with Gasteiger partial charge in [-0.25, -0.2) is 4.39 Å². The number of hydrogen-bond acceptors (Lipinski definition) is 3. The zero-order valence-electron chi connectivity index (χ0n) is 12.3. The largest absolute Gasteiger partial charge is 0.388 e. The van der Waals surface area contributed by atoms with Crippen LogP contribution < -0.4 is 5.32 Å². The van der Waals surface area contributed by atoms with Crippen LogP contribution in [0.1, 0.15) is 32.6 Å². The van der Waals surface area contributed by atoms with Crippen LogP contribution in [0.15, 0.2) is 29.2 Å². The summed E-state index contributed by atoms with van der Waals surface area (Å²) in [5.74, 6) is 0.330. The second kappa shape index (κ2) is 7.27. The van der Waals surface area contributed by atoms with Gasteiger partial charge in [-0.2, -0.15) is 0 Å². The molecule has 0 spiro atoms. The van der Waals surface area contributed by atoms with Crippen molar-refractivity contribution in [2.24, 2.45) is 5.92 Å². The number of rotatable bonds is 5. The van der Waals surface area contributed by atoms with E-state index in [1.54, 1.807) is 18.2 Å². The highest BCUT2D eigenvalue weighted by Crippen LogP contribution is 2.31. The number of carbonyl (C=O) groups excluding carboxylic acids is 1. The summed E-state index contributed by atoms with van der Waals surface area (Å²) in [6, 6.07) is 6.41. The number of halogens is 1. The quantitative estimate of drug-likeness (QED) is 0.822. The number of thioether (sulfide) groups is 1. The molecule has 0 aliphatic heterocycles. The van der Waals surface area contributed by atoms with Gasteiger partial charge < -0.3 is 10.4 Å². The Hall–Kier alpha value is -1.07. The molecule has 2 rings (SSSR count). The smallest absolute Gasteiger partial charge is 0.230 e. The molecule has 1 aromatic rings. The second-order valence-corrected chi connectivity index (χ2v) is 6.92. The third-order valence-electron chi connectivity index (χ3n) is 4.02. The molecular formula is C16H22FNO2S. The lowest BCUT2D eigenvalue weighted by molar-refractivity contribution is -0.120. The van der Waals surface area contributed by atoms with E-state index in [1.807, 2.05) is 0 Å². The molecule has 2 N–H and O–H groups in total. The molecule has 0 bridgehead atoms. The van der Waals surface area contributed by atoms with E-state index in [0.717, 1.165) is 25.7 Å². The number of carbonyl (C=O) groups is 1. The number of hydrogen-bond donors (Lipinski definition) is 2. The second-order valence-electron chi connectivity index (χ2n) is 5.90. The van der Waals surface area contributed by atoms with Gasteiger partial charge in [0.2, 0.25) is 5.91 Å². The monoisotopic (exact) mass is 311 g/mol. The summed E-state index contributed by atoms with van der Waals surface area (Å²) >= 11 is 1.17. The van der Waals surface area contributed by atoms with Crippen LogP contribution >= 0.6 is 11.8 Å². The lowest BCUT2D eigenvalue weighted by Crippen LogP contribution is -2.45. The average molecular weight is 311 g/mol. The third kappa shape index (κ3) is 5.00. The molecule has 0 unspecified atom stereocenters. The highest BCUT2D eigenvalue weighted by Gasteiger charge is 2.31. The summed E-state index contributed by atoms with van der Waals surface area (Å²) < 4.78 is 13.4. The van der Waals surface area contributed by atoms with Gasteiger partial charge in [0.15, 0.2) is 0 Å². The van der Waals surface area contributed by atoms with Gasteiger partial charge in [0.25, 0.3) is 0 Å². The summed E-state index contributed by atoms with van der Waals surface area (Å²) in [7, 11) is 0. The van der Waals surface area contributed by atoms with Gasteiger partial charge in [0.1, 0.15) is 5.82 Å². The van der Waals surface area contributed by atoms with Gasteiger partial charge in [0, 0.05) is 11.4 Å². The Bertz CT molecular complexity index is 487. The van der Waals surface area contributed by atoms with Crippen LogP contribution in [0.25, 0.3) is 0 Å². The maximum Gasteiger partial charge on any atom is 0.230 e. The van der Waals surface area contributed by atoms with Crippen molar-refractivity contribution >= 4 is 17.7 Å². The Balaban J connectivity index is 1.74. The average Bonchev–Trinajstić information content (AvgIpc) is 2.48. The van der Waals surface area contributed by atoms with Crippen molar-refractivity contribution < 1.29 is 14.3 Å². The summed E-state index contributed by atoms with van der Waals surface area (Å²) in [6.07, 6.45) is 3.45. The van der Waals surface area contributed by atoms with Crippen LogP contribution in [0.3, 0.4) is 0 Å². The van der Waals surface area contributed by atoms with Crippen LogP contribution in [0.2, 0.25) is 0 Å². The highest BCUT2D eigenvalue weighted by atomic mass is 32.2. The summed E-state index contributed by atoms with van der Waals surface area (Å²) in [4.78, 5) is 12.3. The summed E-state index contributed by atoms with van der Waals surface area (Å²) in [5, 5.41) is 13.2. The molecule has 0 aromatic heterocycles. The molecular weight excluding hydrogens is 289 g/mol. The number of amides is 1. The molecule has 21 heavy (non-hydrogen) atoms. The van der Waals surface area contributed by atoms with Crippen LogP contribution in [-0.2, 0) is 4.79 Å². The molecule has 116 valence electrons. The maximum absolute atomic E-state index is 13.4. The zero-order valence-corrected chi connectivity index (χ0v) is 13.1. The highest BCUT2D eigenvalue weighted by molar-refractivity contribution is 8.00. The molecule has 0 saturated heterocycles. The van der Waals surface area contributed by atoms with Crippen LogP contribution in [0.5, 0.6) is 0 Å². The van der Waals surface area contributed by atoms with Crippen molar-refractivity contribution in [3.05, 3.63) is 30.1 Å². The van der Waals surface area contributed by atoms with Crippen molar-refractivity contribution in [2.45, 2.75) is 43.1 Å². The molecule has 1 amide bonds. The van der Waals surface area contributed by atoms with E-state index >= 15 is 0 Å². The van der Waals surface area contributed by atoms with Gasteiger partial charge in [-0.3, -0.25) is 4.79 Å². The van der Waals surface area contributed by atoms with Crippen LogP contribution in [0.4, 0.5) is 4.39 Å². The van der Waals surface area contributed by atoms with Gasteiger partial charge in [-0.05, 0) is 43.7 Å². The molecule has 0 radical (unpaired) electrons. The van der Waals surface area contributed by atoms with E-state index in [-0.39, 0.29) is 24.0 Å². The van der Waals surface area contributed by atoms with Gasteiger partial charge in [-0.15, -0.1) is 11.8 Å². The standard InChI is InChI=1S/C16H22FNO2S/c1-12-6-8-16(20,9-7-12)11-18-15(19)10-21-14-5-3-2-4-13(14)17/h2-5,12,20H,6-11H2,1H3,(H,18,19). The SMILES string of the molecule is CC1CCC(O)(CNC(=O)CSc2ccccc2F)CC1. The Labute approximate surface area is 129 Å². The normalized spacial score (nSPS) is 25.6. The van der Waals surface area contributed by atoms with Crippen molar-refractivity contribution in [1.82, 2.24) is 5.32 Å². The summed E-state index contributed by atoms with van der Waals surface area (Å²) in [5.41, 5.74) is -0.773. The first-order valence-electron chi connectivity index (χ1n) is 7.35. The maximum atomic E-state index is 13.4. The van der Waals surface area contributed by atoms with Gasteiger partial charge in [-0.1, -0.05) is 19.1 Å². The van der Waals surface area contributed by atoms with E-state index in [2.05, 4.69) is 12.2 Å². The minimum atomic E-state index is -0.773. The molecule has 0 heterocycles. The minimum absolute atomic E-state index is 0.160. The number of nitrogens with one attached hydrogen (secondary N) is 1. The van der Waals surface area contributed by atoms with Crippen LogP contribution in [0, 0.1) is 11.7 Å². The first-order valence-corrected chi connectivity index (χ1v) is 8.33. The molecule has 1 fully saturated rings. The molecule has 1 aliphatic carbocycles. The first-order chi connectivity index (χ1) is 9.98. The fraction of sp³-hybridized carbons (Fsp3) is 0.562. The molecule has 0 atom stereocenters. The van der Waals surface area contributed by atoms with Crippen molar-refractivity contribution in [1.29, 1.82) is 0 Å². The lowest BCUT2D eigenvalue weighted by atomic mass is 9.79. The van der Waals surface area contributed by atoms with Crippen molar-refractivity contribution in [2.75, 3.05) is 12.3 Å². The predicted molar refractivity (Wildman–Crippen MR) is 82.7 cm³/mol. The Morgan fingerprint density at radius 1 is 1.43 bits per heavy atom. The fourth-order valence-electron chi connectivity index (χ4n) is 2.50. The van der Waals surface area contributed by atoms with E-state index in [1.165, 1.54) is 17.8 Å². The Kier molecular flexibility index (Phi) is 5.65. The van der Waals surface area contributed by atoms with Gasteiger partial charge >= 0.3 is 0 Å². The molecule has 1 aromatic carbocycles.